The van der Waals surface area contributed by atoms with Crippen molar-refractivity contribution in [2.24, 2.45) is 0 Å². The van der Waals surface area contributed by atoms with E-state index in [0.717, 1.165) is 40.2 Å². The molecule has 4 rings (SSSR count). The summed E-state index contributed by atoms with van der Waals surface area (Å²) in [5.41, 5.74) is 6.61. The van der Waals surface area contributed by atoms with Crippen LogP contribution in [-0.4, -0.2) is 20.4 Å². The lowest BCUT2D eigenvalue weighted by Crippen LogP contribution is -2.23. The highest BCUT2D eigenvalue weighted by atomic mass is 16.1. The van der Waals surface area contributed by atoms with Crippen molar-refractivity contribution in [2.45, 2.75) is 33.7 Å². The molecule has 2 aromatic carbocycles. The number of aromatic nitrogens is 3. The van der Waals surface area contributed by atoms with Crippen molar-refractivity contribution in [1.29, 1.82) is 0 Å². The molecule has 0 radical (unpaired) electrons. The van der Waals surface area contributed by atoms with Gasteiger partial charge < -0.3 is 5.32 Å². The van der Waals surface area contributed by atoms with Crippen molar-refractivity contribution in [3.63, 3.8) is 0 Å². The zero-order chi connectivity index (χ0) is 20.4. The Labute approximate surface area is 170 Å². The van der Waals surface area contributed by atoms with E-state index in [1.165, 1.54) is 5.56 Å². The molecule has 0 saturated heterocycles. The third-order valence-electron chi connectivity index (χ3n) is 5.18. The number of nitrogens with zero attached hydrogens (tertiary/aromatic N) is 3. The molecular formula is C24H24N4O. The number of imidazole rings is 1. The Morgan fingerprint density at radius 2 is 1.79 bits per heavy atom. The van der Waals surface area contributed by atoms with E-state index in [1.807, 2.05) is 48.7 Å². The van der Waals surface area contributed by atoms with Gasteiger partial charge in [-0.25, -0.2) is 9.97 Å². The van der Waals surface area contributed by atoms with Gasteiger partial charge in [0.05, 0.1) is 5.69 Å². The van der Waals surface area contributed by atoms with Crippen molar-refractivity contribution in [2.75, 3.05) is 0 Å². The van der Waals surface area contributed by atoms with Gasteiger partial charge >= 0.3 is 0 Å². The van der Waals surface area contributed by atoms with Crippen molar-refractivity contribution < 1.29 is 4.79 Å². The van der Waals surface area contributed by atoms with Crippen LogP contribution in [0.1, 0.15) is 39.8 Å². The fourth-order valence-electron chi connectivity index (χ4n) is 3.48. The van der Waals surface area contributed by atoms with E-state index in [0.29, 0.717) is 12.1 Å². The maximum Gasteiger partial charge on any atom is 0.251 e. The number of hydrogen-bond donors (Lipinski definition) is 1. The van der Waals surface area contributed by atoms with E-state index < -0.39 is 0 Å². The van der Waals surface area contributed by atoms with Gasteiger partial charge in [-0.05, 0) is 61.2 Å². The Bertz CT molecular complexity index is 1180. The number of carbonyl (C=O) groups is 1. The summed E-state index contributed by atoms with van der Waals surface area (Å²) in [7, 11) is 0. The molecule has 0 atom stereocenters. The SMILES string of the molecule is CCc1ccc(CNC(=O)c2ccc(C)c(-n3c(C)nc4cccnc43)c2)cc1. The molecule has 5 heteroatoms. The lowest BCUT2D eigenvalue weighted by molar-refractivity contribution is 0.0951. The van der Waals surface area contributed by atoms with Crippen molar-refractivity contribution in [3.8, 4) is 5.69 Å². The van der Waals surface area contributed by atoms with Crippen LogP contribution in [-0.2, 0) is 13.0 Å². The molecule has 2 aromatic heterocycles. The molecule has 29 heavy (non-hydrogen) atoms. The summed E-state index contributed by atoms with van der Waals surface area (Å²) in [6.07, 6.45) is 2.77. The topological polar surface area (TPSA) is 59.8 Å². The van der Waals surface area contributed by atoms with Crippen LogP contribution in [0.5, 0.6) is 0 Å². The molecule has 0 bridgehead atoms. The lowest BCUT2D eigenvalue weighted by Gasteiger charge is -2.12. The number of aryl methyl sites for hydroxylation is 3. The first-order valence-electron chi connectivity index (χ1n) is 9.84. The number of carbonyl (C=O) groups excluding carboxylic acids is 1. The van der Waals surface area contributed by atoms with Crippen molar-refractivity contribution in [1.82, 2.24) is 19.9 Å². The summed E-state index contributed by atoms with van der Waals surface area (Å²) in [4.78, 5) is 21.9. The van der Waals surface area contributed by atoms with E-state index in [9.17, 15) is 4.79 Å². The molecule has 146 valence electrons. The fourth-order valence-corrected chi connectivity index (χ4v) is 3.48. The van der Waals surface area contributed by atoms with E-state index in [4.69, 9.17) is 0 Å². The molecule has 0 unspecified atom stereocenters. The second-order valence-corrected chi connectivity index (χ2v) is 7.19. The monoisotopic (exact) mass is 384 g/mol. The minimum atomic E-state index is -0.0964. The van der Waals surface area contributed by atoms with Crippen LogP contribution in [0.4, 0.5) is 0 Å². The molecular weight excluding hydrogens is 360 g/mol. The maximum atomic E-state index is 12.8. The number of nitrogens with one attached hydrogen (secondary N) is 1. The number of fused-ring (bicyclic) bond motifs is 1. The second-order valence-electron chi connectivity index (χ2n) is 7.19. The van der Waals surface area contributed by atoms with Crippen LogP contribution in [0.2, 0.25) is 0 Å². The summed E-state index contributed by atoms with van der Waals surface area (Å²) in [6.45, 7) is 6.61. The number of rotatable bonds is 5. The highest BCUT2D eigenvalue weighted by molar-refractivity contribution is 5.95. The zero-order valence-electron chi connectivity index (χ0n) is 16.9. The van der Waals surface area contributed by atoms with Crippen LogP contribution in [0.3, 0.4) is 0 Å². The van der Waals surface area contributed by atoms with Crippen LogP contribution < -0.4 is 5.32 Å². The van der Waals surface area contributed by atoms with Crippen molar-refractivity contribution >= 4 is 17.1 Å². The largest absolute Gasteiger partial charge is 0.348 e. The van der Waals surface area contributed by atoms with Gasteiger partial charge in [0.15, 0.2) is 5.65 Å². The van der Waals surface area contributed by atoms with Gasteiger partial charge in [0, 0.05) is 18.3 Å². The van der Waals surface area contributed by atoms with Crippen LogP contribution >= 0.6 is 0 Å². The van der Waals surface area contributed by atoms with Gasteiger partial charge in [-0.2, -0.15) is 0 Å². The number of benzene rings is 2. The van der Waals surface area contributed by atoms with Gasteiger partial charge in [0.1, 0.15) is 11.3 Å². The first-order chi connectivity index (χ1) is 14.1. The van der Waals surface area contributed by atoms with Crippen LogP contribution in [0.25, 0.3) is 16.9 Å². The first kappa shape index (κ1) is 18.9. The molecule has 1 amide bonds. The standard InChI is InChI=1S/C24H24N4O/c1-4-18-8-10-19(11-9-18)15-26-24(29)20-12-7-16(2)22(14-20)28-17(3)27-21-6-5-13-25-23(21)28/h5-14H,4,15H2,1-3H3,(H,26,29). The summed E-state index contributed by atoms with van der Waals surface area (Å²) in [5.74, 6) is 0.747. The lowest BCUT2D eigenvalue weighted by atomic mass is 10.1. The van der Waals surface area contributed by atoms with Crippen molar-refractivity contribution in [3.05, 3.63) is 88.9 Å². The molecule has 0 saturated carbocycles. The van der Waals surface area contributed by atoms with Crippen LogP contribution in [0.15, 0.2) is 60.8 Å². The second kappa shape index (κ2) is 7.87. The minimum absolute atomic E-state index is 0.0964. The van der Waals surface area contributed by atoms with E-state index in [-0.39, 0.29) is 5.91 Å². The van der Waals surface area contributed by atoms with Gasteiger partial charge in [-0.3, -0.25) is 9.36 Å². The molecule has 0 fully saturated rings. The average molecular weight is 384 g/mol. The minimum Gasteiger partial charge on any atom is -0.348 e. The summed E-state index contributed by atoms with van der Waals surface area (Å²) >= 11 is 0. The molecule has 5 nitrogen and oxygen atoms in total. The quantitative estimate of drug-likeness (QED) is 0.550. The number of hydrogen-bond acceptors (Lipinski definition) is 3. The Hall–Kier alpha value is -3.47. The predicted octanol–water partition coefficient (Wildman–Crippen LogP) is 4.53. The fraction of sp³-hybridized carbons (Fsp3) is 0.208. The number of amides is 1. The van der Waals surface area contributed by atoms with Gasteiger partial charge in [0.25, 0.3) is 5.91 Å². The van der Waals surface area contributed by atoms with E-state index in [1.54, 1.807) is 6.20 Å². The molecule has 1 N–H and O–H groups in total. The maximum absolute atomic E-state index is 12.8. The van der Waals surface area contributed by atoms with Gasteiger partial charge in [0.2, 0.25) is 0 Å². The third kappa shape index (κ3) is 3.76. The molecule has 0 aliphatic carbocycles. The molecule has 0 aliphatic heterocycles. The Morgan fingerprint density at radius 1 is 1.03 bits per heavy atom. The van der Waals surface area contributed by atoms with E-state index >= 15 is 0 Å². The summed E-state index contributed by atoms with van der Waals surface area (Å²) in [5, 5.41) is 3.02. The normalized spacial score (nSPS) is 11.0. The third-order valence-corrected chi connectivity index (χ3v) is 5.18. The Morgan fingerprint density at radius 3 is 2.55 bits per heavy atom. The van der Waals surface area contributed by atoms with E-state index in [2.05, 4.69) is 46.5 Å². The summed E-state index contributed by atoms with van der Waals surface area (Å²) in [6, 6.07) is 17.9. The highest BCUT2D eigenvalue weighted by Gasteiger charge is 2.14. The first-order valence-corrected chi connectivity index (χ1v) is 9.84. The Kier molecular flexibility index (Phi) is 5.12. The molecule has 4 aromatic rings. The molecule has 0 aliphatic rings. The average Bonchev–Trinajstić information content (AvgIpc) is 3.08. The molecule has 2 heterocycles. The highest BCUT2D eigenvalue weighted by Crippen LogP contribution is 2.23. The smallest absolute Gasteiger partial charge is 0.251 e. The Balaban J connectivity index is 1.60. The number of pyridine rings is 1. The molecule has 0 spiro atoms. The van der Waals surface area contributed by atoms with Gasteiger partial charge in [-0.1, -0.05) is 37.3 Å². The summed E-state index contributed by atoms with van der Waals surface area (Å²) < 4.78 is 2.00. The van der Waals surface area contributed by atoms with Gasteiger partial charge in [-0.15, -0.1) is 0 Å². The zero-order valence-corrected chi connectivity index (χ0v) is 16.9. The predicted molar refractivity (Wildman–Crippen MR) is 115 cm³/mol. The van der Waals surface area contributed by atoms with Crippen LogP contribution in [0, 0.1) is 13.8 Å².